The highest BCUT2D eigenvalue weighted by Crippen LogP contribution is 2.18. The molecule has 2 heterocycles. The Morgan fingerprint density at radius 3 is 3.12 bits per heavy atom. The third-order valence-corrected chi connectivity index (χ3v) is 3.09. The van der Waals surface area contributed by atoms with Gasteiger partial charge in [0.2, 0.25) is 0 Å². The lowest BCUT2D eigenvalue weighted by Crippen LogP contribution is -2.22. The highest BCUT2D eigenvalue weighted by atomic mass is 16.5. The van der Waals surface area contributed by atoms with Crippen LogP contribution in [0.15, 0.2) is 12.3 Å². The van der Waals surface area contributed by atoms with Crippen LogP contribution >= 0.6 is 0 Å². The minimum Gasteiger partial charge on any atom is -0.396 e. The minimum atomic E-state index is 0.405. The van der Waals surface area contributed by atoms with E-state index in [0.717, 1.165) is 36.6 Å². The summed E-state index contributed by atoms with van der Waals surface area (Å²) in [6.45, 7) is 3.77. The van der Waals surface area contributed by atoms with Crippen molar-refractivity contribution in [2.45, 2.75) is 38.7 Å². The summed E-state index contributed by atoms with van der Waals surface area (Å²) in [6, 6.07) is 1.94. The zero-order valence-electron chi connectivity index (χ0n) is 10.4. The lowest BCUT2D eigenvalue weighted by Gasteiger charge is -2.22. The highest BCUT2D eigenvalue weighted by Gasteiger charge is 2.13. The molecule has 0 aromatic carbocycles. The first-order valence-corrected chi connectivity index (χ1v) is 6.33. The molecule has 17 heavy (non-hydrogen) atoms. The lowest BCUT2D eigenvalue weighted by atomic mass is 10.1. The van der Waals surface area contributed by atoms with Gasteiger partial charge in [0.25, 0.3) is 0 Å². The van der Waals surface area contributed by atoms with E-state index < -0.39 is 0 Å². The van der Waals surface area contributed by atoms with Gasteiger partial charge < -0.3 is 15.8 Å². The van der Waals surface area contributed by atoms with Crippen LogP contribution in [0.5, 0.6) is 0 Å². The van der Waals surface area contributed by atoms with Crippen LogP contribution in [-0.2, 0) is 4.74 Å². The maximum atomic E-state index is 5.88. The maximum Gasteiger partial charge on any atom is 0.149 e. The third kappa shape index (κ3) is 3.60. The van der Waals surface area contributed by atoms with Gasteiger partial charge in [0.15, 0.2) is 0 Å². The molecule has 3 N–H and O–H groups in total. The summed E-state index contributed by atoms with van der Waals surface area (Å²) >= 11 is 0. The topological polar surface area (TPSA) is 60.2 Å². The molecule has 1 atom stereocenters. The highest BCUT2D eigenvalue weighted by molar-refractivity contribution is 5.61. The fourth-order valence-electron chi connectivity index (χ4n) is 2.13. The number of nitrogens with zero attached hydrogens (tertiary/aromatic N) is 1. The first-order chi connectivity index (χ1) is 8.25. The van der Waals surface area contributed by atoms with E-state index in [4.69, 9.17) is 10.5 Å². The molecule has 2 rings (SSSR count). The zero-order valence-corrected chi connectivity index (χ0v) is 10.4. The molecule has 0 amide bonds. The SMILES string of the molecule is Cc1cnc(NCCC2CCCCO2)c(N)c1. The second-order valence-electron chi connectivity index (χ2n) is 4.65. The quantitative estimate of drug-likeness (QED) is 0.841. The van der Waals surface area contributed by atoms with Crippen LogP contribution in [0.4, 0.5) is 11.5 Å². The van der Waals surface area contributed by atoms with Crippen molar-refractivity contribution in [3.63, 3.8) is 0 Å². The van der Waals surface area contributed by atoms with E-state index in [1.807, 2.05) is 19.2 Å². The van der Waals surface area contributed by atoms with Crippen LogP contribution in [0, 0.1) is 6.92 Å². The number of rotatable bonds is 4. The zero-order chi connectivity index (χ0) is 12.1. The van der Waals surface area contributed by atoms with Crippen molar-refractivity contribution in [3.05, 3.63) is 17.8 Å². The molecule has 1 fully saturated rings. The predicted molar refractivity (Wildman–Crippen MR) is 70.1 cm³/mol. The Bertz CT molecular complexity index is 362. The summed E-state index contributed by atoms with van der Waals surface area (Å²) in [5, 5.41) is 3.27. The van der Waals surface area contributed by atoms with Gasteiger partial charge in [-0.2, -0.15) is 0 Å². The number of aryl methyl sites for hydroxylation is 1. The summed E-state index contributed by atoms with van der Waals surface area (Å²) in [6.07, 6.45) is 6.93. The van der Waals surface area contributed by atoms with Gasteiger partial charge in [0, 0.05) is 19.3 Å². The molecule has 0 spiro atoms. The number of pyridine rings is 1. The molecule has 0 saturated carbocycles. The summed E-state index contributed by atoms with van der Waals surface area (Å²) in [7, 11) is 0. The van der Waals surface area contributed by atoms with Crippen molar-refractivity contribution < 1.29 is 4.74 Å². The van der Waals surface area contributed by atoms with Crippen molar-refractivity contribution in [1.29, 1.82) is 0 Å². The summed E-state index contributed by atoms with van der Waals surface area (Å²) in [5.74, 6) is 0.784. The summed E-state index contributed by atoms with van der Waals surface area (Å²) in [5.41, 5.74) is 7.69. The fraction of sp³-hybridized carbons (Fsp3) is 0.615. The molecular formula is C13H21N3O. The van der Waals surface area contributed by atoms with Crippen LogP contribution in [0.1, 0.15) is 31.2 Å². The molecule has 1 aromatic heterocycles. The monoisotopic (exact) mass is 235 g/mol. The number of aromatic nitrogens is 1. The third-order valence-electron chi connectivity index (χ3n) is 3.09. The van der Waals surface area contributed by atoms with Gasteiger partial charge in [-0.25, -0.2) is 4.98 Å². The number of hydrogen-bond acceptors (Lipinski definition) is 4. The van der Waals surface area contributed by atoms with Crippen molar-refractivity contribution in [2.24, 2.45) is 0 Å². The lowest BCUT2D eigenvalue weighted by molar-refractivity contribution is 0.0134. The molecule has 0 radical (unpaired) electrons. The number of nitrogen functional groups attached to an aromatic ring is 1. The standard InChI is InChI=1S/C13H21N3O/c1-10-8-12(14)13(16-9-10)15-6-5-11-4-2-3-7-17-11/h8-9,11H,2-7,14H2,1H3,(H,15,16). The summed E-state index contributed by atoms with van der Waals surface area (Å²) in [4.78, 5) is 4.28. The Hall–Kier alpha value is -1.29. The van der Waals surface area contributed by atoms with E-state index in [1.54, 1.807) is 0 Å². The average Bonchev–Trinajstić information content (AvgIpc) is 2.33. The molecule has 4 nitrogen and oxygen atoms in total. The number of anilines is 2. The molecule has 4 heteroatoms. The molecule has 94 valence electrons. The molecule has 1 aromatic rings. The van der Waals surface area contributed by atoms with Gasteiger partial charge in [-0.3, -0.25) is 0 Å². The number of nitrogens with one attached hydrogen (secondary N) is 1. The van der Waals surface area contributed by atoms with Gasteiger partial charge in [0.05, 0.1) is 11.8 Å². The van der Waals surface area contributed by atoms with Crippen molar-refractivity contribution >= 4 is 11.5 Å². The van der Waals surface area contributed by atoms with Gasteiger partial charge >= 0.3 is 0 Å². The molecule has 0 bridgehead atoms. The molecule has 1 unspecified atom stereocenters. The van der Waals surface area contributed by atoms with Crippen LogP contribution in [0.3, 0.4) is 0 Å². The molecule has 1 aliphatic rings. The van der Waals surface area contributed by atoms with Gasteiger partial charge in [-0.15, -0.1) is 0 Å². The Balaban J connectivity index is 1.77. The van der Waals surface area contributed by atoms with Crippen LogP contribution in [-0.4, -0.2) is 24.2 Å². The predicted octanol–water partition coefficient (Wildman–Crippen LogP) is 2.34. The summed E-state index contributed by atoms with van der Waals surface area (Å²) < 4.78 is 5.67. The van der Waals surface area contributed by atoms with Crippen molar-refractivity contribution in [3.8, 4) is 0 Å². The Labute approximate surface area is 103 Å². The smallest absolute Gasteiger partial charge is 0.149 e. The first kappa shape index (κ1) is 12.2. The van der Waals surface area contributed by atoms with Gasteiger partial charge in [0.1, 0.15) is 5.82 Å². The van der Waals surface area contributed by atoms with E-state index >= 15 is 0 Å². The fourth-order valence-corrected chi connectivity index (χ4v) is 2.13. The van der Waals surface area contributed by atoms with Crippen molar-refractivity contribution in [2.75, 3.05) is 24.2 Å². The Morgan fingerprint density at radius 2 is 2.41 bits per heavy atom. The molecule has 0 aliphatic carbocycles. The number of nitrogens with two attached hydrogens (primary N) is 1. The molecular weight excluding hydrogens is 214 g/mol. The van der Waals surface area contributed by atoms with E-state index in [9.17, 15) is 0 Å². The number of hydrogen-bond donors (Lipinski definition) is 2. The van der Waals surface area contributed by atoms with Crippen molar-refractivity contribution in [1.82, 2.24) is 4.98 Å². The molecule has 1 saturated heterocycles. The second kappa shape index (κ2) is 5.87. The van der Waals surface area contributed by atoms with E-state index in [-0.39, 0.29) is 0 Å². The van der Waals surface area contributed by atoms with Gasteiger partial charge in [-0.1, -0.05) is 0 Å². The maximum absolute atomic E-state index is 5.88. The molecule has 1 aliphatic heterocycles. The van der Waals surface area contributed by atoms with Crippen LogP contribution < -0.4 is 11.1 Å². The number of ether oxygens (including phenoxy) is 1. The minimum absolute atomic E-state index is 0.405. The average molecular weight is 235 g/mol. The largest absolute Gasteiger partial charge is 0.396 e. The van der Waals surface area contributed by atoms with Crippen LogP contribution in [0.2, 0.25) is 0 Å². The van der Waals surface area contributed by atoms with E-state index in [0.29, 0.717) is 6.10 Å². The van der Waals surface area contributed by atoms with Crippen LogP contribution in [0.25, 0.3) is 0 Å². The first-order valence-electron chi connectivity index (χ1n) is 6.33. The van der Waals surface area contributed by atoms with E-state index in [1.165, 1.54) is 19.3 Å². The Kier molecular flexibility index (Phi) is 4.20. The van der Waals surface area contributed by atoms with Gasteiger partial charge in [-0.05, 0) is 44.2 Å². The normalized spacial score (nSPS) is 20.2. The Morgan fingerprint density at radius 1 is 1.53 bits per heavy atom. The van der Waals surface area contributed by atoms with E-state index in [2.05, 4.69) is 10.3 Å². The second-order valence-corrected chi connectivity index (χ2v) is 4.65.